The van der Waals surface area contributed by atoms with E-state index in [0.717, 1.165) is 28.6 Å². The van der Waals surface area contributed by atoms with Crippen LogP contribution in [0.15, 0.2) is 24.3 Å². The zero-order valence-electron chi connectivity index (χ0n) is 9.72. The highest BCUT2D eigenvalue weighted by atomic mass is 32.1. The summed E-state index contributed by atoms with van der Waals surface area (Å²) in [5, 5.41) is 10.3. The molecule has 0 aliphatic heterocycles. The van der Waals surface area contributed by atoms with Gasteiger partial charge in [-0.3, -0.25) is 0 Å². The molecule has 0 radical (unpaired) electrons. The minimum atomic E-state index is 0.619. The number of aromatic nitrogens is 2. The summed E-state index contributed by atoms with van der Waals surface area (Å²) in [6.45, 7) is 0.619. The molecule has 1 heterocycles. The number of nitrogens with zero attached hydrogens (tertiary/aromatic N) is 2. The summed E-state index contributed by atoms with van der Waals surface area (Å²) in [5.41, 5.74) is 6.66. The molecule has 17 heavy (non-hydrogen) atoms. The molecule has 2 rings (SSSR count). The third-order valence-corrected chi connectivity index (χ3v) is 3.34. The molecule has 0 atom stereocenters. The molecule has 0 bridgehead atoms. The lowest BCUT2D eigenvalue weighted by Gasteiger charge is -2.01. The van der Waals surface area contributed by atoms with Crippen molar-refractivity contribution in [3.05, 3.63) is 39.8 Å². The second kappa shape index (κ2) is 5.75. The number of methoxy groups -OCH3 is 1. The van der Waals surface area contributed by atoms with E-state index in [1.165, 1.54) is 5.56 Å². The minimum Gasteiger partial charge on any atom is -0.497 e. The lowest BCUT2D eigenvalue weighted by molar-refractivity contribution is 0.414. The first-order chi connectivity index (χ1) is 8.31. The van der Waals surface area contributed by atoms with E-state index in [1.807, 2.05) is 18.2 Å². The molecule has 0 saturated carbocycles. The van der Waals surface area contributed by atoms with Crippen molar-refractivity contribution in [2.45, 2.75) is 12.8 Å². The van der Waals surface area contributed by atoms with Crippen LogP contribution < -0.4 is 10.5 Å². The van der Waals surface area contributed by atoms with E-state index in [4.69, 9.17) is 10.5 Å². The largest absolute Gasteiger partial charge is 0.497 e. The van der Waals surface area contributed by atoms with Crippen LogP contribution in [-0.2, 0) is 12.8 Å². The number of hydrogen-bond acceptors (Lipinski definition) is 5. The maximum absolute atomic E-state index is 5.48. The van der Waals surface area contributed by atoms with Gasteiger partial charge in [-0.15, -0.1) is 21.5 Å². The van der Waals surface area contributed by atoms with Gasteiger partial charge in [0, 0.05) is 12.8 Å². The molecule has 90 valence electrons. The number of nitrogens with two attached hydrogens (primary N) is 1. The Morgan fingerprint density at radius 2 is 2.12 bits per heavy atom. The molecule has 5 heteroatoms. The first kappa shape index (κ1) is 12.0. The van der Waals surface area contributed by atoms with Crippen LogP contribution in [0.4, 0.5) is 0 Å². The Morgan fingerprint density at radius 3 is 2.88 bits per heavy atom. The normalized spacial score (nSPS) is 10.5. The van der Waals surface area contributed by atoms with Crippen LogP contribution in [0, 0.1) is 0 Å². The molecule has 0 fully saturated rings. The van der Waals surface area contributed by atoms with Gasteiger partial charge in [0.05, 0.1) is 7.11 Å². The van der Waals surface area contributed by atoms with E-state index in [1.54, 1.807) is 18.4 Å². The second-order valence-electron chi connectivity index (χ2n) is 3.66. The second-order valence-corrected chi connectivity index (χ2v) is 4.80. The lowest BCUT2D eigenvalue weighted by Crippen LogP contribution is -2.01. The number of ether oxygens (including phenoxy) is 1. The van der Waals surface area contributed by atoms with E-state index >= 15 is 0 Å². The summed E-state index contributed by atoms with van der Waals surface area (Å²) in [6, 6.07) is 8.00. The molecule has 2 aromatic rings. The maximum Gasteiger partial charge on any atom is 0.121 e. The van der Waals surface area contributed by atoms with Crippen molar-refractivity contribution < 1.29 is 4.74 Å². The highest BCUT2D eigenvalue weighted by molar-refractivity contribution is 7.11. The molecule has 1 aromatic carbocycles. The Labute approximate surface area is 104 Å². The standard InChI is InChI=1S/C12H15N3OS/c1-16-10-4-2-3-9(7-10)8-12-15-14-11(17-12)5-6-13/h2-4,7H,5-6,8,13H2,1H3. The lowest BCUT2D eigenvalue weighted by atomic mass is 10.1. The zero-order valence-corrected chi connectivity index (χ0v) is 10.5. The van der Waals surface area contributed by atoms with Gasteiger partial charge in [-0.25, -0.2) is 0 Å². The van der Waals surface area contributed by atoms with Gasteiger partial charge in [-0.2, -0.15) is 0 Å². The van der Waals surface area contributed by atoms with Gasteiger partial charge >= 0.3 is 0 Å². The molecule has 1 aromatic heterocycles. The fourth-order valence-corrected chi connectivity index (χ4v) is 2.44. The van der Waals surface area contributed by atoms with Crippen molar-refractivity contribution in [2.75, 3.05) is 13.7 Å². The number of benzene rings is 1. The summed E-state index contributed by atoms with van der Waals surface area (Å²) in [4.78, 5) is 0. The summed E-state index contributed by atoms with van der Waals surface area (Å²) < 4.78 is 5.19. The topological polar surface area (TPSA) is 61.0 Å². The third-order valence-electron chi connectivity index (χ3n) is 2.36. The fourth-order valence-electron chi connectivity index (χ4n) is 1.54. The highest BCUT2D eigenvalue weighted by Crippen LogP contribution is 2.18. The minimum absolute atomic E-state index is 0.619. The SMILES string of the molecule is COc1cccc(Cc2nnc(CCN)s2)c1. The van der Waals surface area contributed by atoms with Crippen LogP contribution in [0.2, 0.25) is 0 Å². The quantitative estimate of drug-likeness (QED) is 0.875. The Morgan fingerprint density at radius 1 is 1.29 bits per heavy atom. The summed E-state index contributed by atoms with van der Waals surface area (Å²) in [6.07, 6.45) is 1.59. The van der Waals surface area contributed by atoms with Crippen molar-refractivity contribution in [3.8, 4) is 5.75 Å². The molecule has 0 amide bonds. The van der Waals surface area contributed by atoms with E-state index in [9.17, 15) is 0 Å². The van der Waals surface area contributed by atoms with Gasteiger partial charge in [-0.1, -0.05) is 12.1 Å². The third kappa shape index (κ3) is 3.25. The molecule has 0 saturated heterocycles. The van der Waals surface area contributed by atoms with E-state index in [2.05, 4.69) is 16.3 Å². The average molecular weight is 249 g/mol. The van der Waals surface area contributed by atoms with Gasteiger partial charge in [0.2, 0.25) is 0 Å². The van der Waals surface area contributed by atoms with E-state index in [0.29, 0.717) is 6.54 Å². The maximum atomic E-state index is 5.48. The van der Waals surface area contributed by atoms with Gasteiger partial charge in [0.25, 0.3) is 0 Å². The number of hydrogen-bond donors (Lipinski definition) is 1. The van der Waals surface area contributed by atoms with Crippen molar-refractivity contribution in [1.82, 2.24) is 10.2 Å². The van der Waals surface area contributed by atoms with Crippen LogP contribution in [0.1, 0.15) is 15.6 Å². The Bertz CT molecular complexity index is 484. The van der Waals surface area contributed by atoms with E-state index in [-0.39, 0.29) is 0 Å². The molecule has 0 aliphatic rings. The number of rotatable bonds is 5. The van der Waals surface area contributed by atoms with Gasteiger partial charge < -0.3 is 10.5 Å². The Kier molecular flexibility index (Phi) is 4.06. The molecule has 0 aliphatic carbocycles. The van der Waals surface area contributed by atoms with Crippen molar-refractivity contribution in [3.63, 3.8) is 0 Å². The van der Waals surface area contributed by atoms with Crippen LogP contribution >= 0.6 is 11.3 Å². The fraction of sp³-hybridized carbons (Fsp3) is 0.333. The highest BCUT2D eigenvalue weighted by Gasteiger charge is 2.05. The predicted octanol–water partition coefficient (Wildman–Crippen LogP) is 1.64. The van der Waals surface area contributed by atoms with Crippen LogP contribution in [0.25, 0.3) is 0 Å². The molecule has 4 nitrogen and oxygen atoms in total. The van der Waals surface area contributed by atoms with Crippen molar-refractivity contribution in [1.29, 1.82) is 0 Å². The smallest absolute Gasteiger partial charge is 0.121 e. The molecular weight excluding hydrogens is 234 g/mol. The zero-order chi connectivity index (χ0) is 12.1. The van der Waals surface area contributed by atoms with Gasteiger partial charge in [-0.05, 0) is 24.2 Å². The summed E-state index contributed by atoms with van der Waals surface area (Å²) >= 11 is 1.62. The van der Waals surface area contributed by atoms with Crippen LogP contribution in [0.3, 0.4) is 0 Å². The van der Waals surface area contributed by atoms with Gasteiger partial charge in [0.15, 0.2) is 0 Å². The summed E-state index contributed by atoms with van der Waals surface area (Å²) in [5.74, 6) is 0.870. The molecule has 2 N–H and O–H groups in total. The Balaban J connectivity index is 2.08. The molecule has 0 unspecified atom stereocenters. The van der Waals surface area contributed by atoms with Crippen molar-refractivity contribution >= 4 is 11.3 Å². The first-order valence-corrected chi connectivity index (χ1v) is 6.27. The predicted molar refractivity (Wildman–Crippen MR) is 68.5 cm³/mol. The molecular formula is C12H15N3OS. The van der Waals surface area contributed by atoms with Crippen LogP contribution in [0.5, 0.6) is 5.75 Å². The van der Waals surface area contributed by atoms with E-state index < -0.39 is 0 Å². The first-order valence-electron chi connectivity index (χ1n) is 5.46. The average Bonchev–Trinajstić information content (AvgIpc) is 2.77. The summed E-state index contributed by atoms with van der Waals surface area (Å²) in [7, 11) is 1.67. The van der Waals surface area contributed by atoms with Crippen molar-refractivity contribution in [2.24, 2.45) is 5.73 Å². The van der Waals surface area contributed by atoms with Crippen LogP contribution in [-0.4, -0.2) is 23.9 Å². The molecule has 0 spiro atoms. The van der Waals surface area contributed by atoms with Gasteiger partial charge in [0.1, 0.15) is 15.8 Å². The monoisotopic (exact) mass is 249 g/mol. The Hall–Kier alpha value is -1.46.